The predicted molar refractivity (Wildman–Crippen MR) is 85.6 cm³/mol. The van der Waals surface area contributed by atoms with E-state index >= 15 is 0 Å². The van der Waals surface area contributed by atoms with E-state index in [9.17, 15) is 9.59 Å². The Bertz CT molecular complexity index is 523. The number of hydrogen-bond donors (Lipinski definition) is 2. The second kappa shape index (κ2) is 8.59. The van der Waals surface area contributed by atoms with Crippen LogP contribution in [0.25, 0.3) is 0 Å². The molecule has 1 aromatic rings. The zero-order valence-corrected chi connectivity index (χ0v) is 13.6. The van der Waals surface area contributed by atoms with Crippen LogP contribution in [0.3, 0.4) is 0 Å². The molecule has 23 heavy (non-hydrogen) atoms. The van der Waals surface area contributed by atoms with Gasteiger partial charge in [0.1, 0.15) is 0 Å². The minimum atomic E-state index is -0.379. The zero-order chi connectivity index (χ0) is 16.7. The molecule has 126 valence electrons. The molecule has 7 heteroatoms. The summed E-state index contributed by atoms with van der Waals surface area (Å²) in [5.74, 6) is -0.488. The Labute approximate surface area is 136 Å². The first-order valence-electron chi connectivity index (χ1n) is 7.78. The Morgan fingerprint density at radius 2 is 2.26 bits per heavy atom. The zero-order valence-electron chi connectivity index (χ0n) is 13.6. The van der Waals surface area contributed by atoms with Gasteiger partial charge in [-0.3, -0.25) is 14.6 Å². The maximum Gasteiger partial charge on any atom is 0.226 e. The van der Waals surface area contributed by atoms with Crippen molar-refractivity contribution in [2.75, 3.05) is 40.4 Å². The van der Waals surface area contributed by atoms with Crippen LogP contribution in [0.2, 0.25) is 0 Å². The number of aromatic nitrogens is 1. The summed E-state index contributed by atoms with van der Waals surface area (Å²) in [6.07, 6.45) is 3.63. The lowest BCUT2D eigenvalue weighted by Crippen LogP contribution is -2.38. The molecule has 1 saturated heterocycles. The van der Waals surface area contributed by atoms with E-state index < -0.39 is 0 Å². The number of nitrogens with zero attached hydrogens (tertiary/aromatic N) is 2. The molecular formula is C16H24N4O3. The van der Waals surface area contributed by atoms with Crippen molar-refractivity contribution in [1.82, 2.24) is 20.5 Å². The van der Waals surface area contributed by atoms with E-state index in [4.69, 9.17) is 4.74 Å². The van der Waals surface area contributed by atoms with E-state index in [-0.39, 0.29) is 30.2 Å². The maximum atomic E-state index is 12.4. The lowest BCUT2D eigenvalue weighted by molar-refractivity contribution is -0.128. The standard InChI is InChI=1S/C16H24N4O3/c1-20-14(21)10-13(15(20)12-4-3-5-18-11-12)16(22)19-7-6-17-8-9-23-2/h3-5,11,13,15,17H,6-10H2,1-2H3,(H,19,22). The normalized spacial score (nSPS) is 20.8. The number of amides is 2. The van der Waals surface area contributed by atoms with Gasteiger partial charge in [0.15, 0.2) is 0 Å². The second-order valence-electron chi connectivity index (χ2n) is 5.58. The molecule has 2 unspecified atom stereocenters. The van der Waals surface area contributed by atoms with Crippen molar-refractivity contribution < 1.29 is 14.3 Å². The van der Waals surface area contributed by atoms with Gasteiger partial charge in [0, 0.05) is 52.6 Å². The smallest absolute Gasteiger partial charge is 0.226 e. The van der Waals surface area contributed by atoms with Crippen LogP contribution in [0, 0.1) is 5.92 Å². The van der Waals surface area contributed by atoms with Gasteiger partial charge in [0.05, 0.1) is 18.6 Å². The molecule has 2 N–H and O–H groups in total. The van der Waals surface area contributed by atoms with Crippen LogP contribution in [-0.4, -0.2) is 62.1 Å². The van der Waals surface area contributed by atoms with Crippen molar-refractivity contribution in [3.8, 4) is 0 Å². The summed E-state index contributed by atoms with van der Waals surface area (Å²) in [5.41, 5.74) is 0.888. The number of carbonyl (C=O) groups excluding carboxylic acids is 2. The third kappa shape index (κ3) is 4.49. The van der Waals surface area contributed by atoms with Gasteiger partial charge in [-0.2, -0.15) is 0 Å². The Balaban J connectivity index is 1.91. The van der Waals surface area contributed by atoms with Crippen LogP contribution in [0.5, 0.6) is 0 Å². The van der Waals surface area contributed by atoms with Crippen molar-refractivity contribution in [3.05, 3.63) is 30.1 Å². The van der Waals surface area contributed by atoms with Crippen molar-refractivity contribution >= 4 is 11.8 Å². The van der Waals surface area contributed by atoms with Crippen molar-refractivity contribution in [1.29, 1.82) is 0 Å². The van der Waals surface area contributed by atoms with E-state index in [1.807, 2.05) is 12.1 Å². The molecule has 1 aromatic heterocycles. The summed E-state index contributed by atoms with van der Waals surface area (Å²) in [4.78, 5) is 30.2. The summed E-state index contributed by atoms with van der Waals surface area (Å²) in [6.45, 7) is 2.58. The average Bonchev–Trinajstić information content (AvgIpc) is 2.87. The van der Waals surface area contributed by atoms with Crippen LogP contribution in [0.15, 0.2) is 24.5 Å². The fourth-order valence-corrected chi connectivity index (χ4v) is 2.82. The van der Waals surface area contributed by atoms with Crippen molar-refractivity contribution in [2.24, 2.45) is 5.92 Å². The number of likely N-dealkylation sites (tertiary alicyclic amines) is 1. The van der Waals surface area contributed by atoms with Crippen molar-refractivity contribution in [2.45, 2.75) is 12.5 Å². The van der Waals surface area contributed by atoms with Crippen LogP contribution >= 0.6 is 0 Å². The fraction of sp³-hybridized carbons (Fsp3) is 0.562. The largest absolute Gasteiger partial charge is 0.383 e. The monoisotopic (exact) mass is 320 g/mol. The highest BCUT2D eigenvalue weighted by Crippen LogP contribution is 2.36. The molecule has 7 nitrogen and oxygen atoms in total. The van der Waals surface area contributed by atoms with Crippen molar-refractivity contribution in [3.63, 3.8) is 0 Å². The molecule has 0 aliphatic carbocycles. The molecule has 2 heterocycles. The Morgan fingerprint density at radius 1 is 1.43 bits per heavy atom. The molecule has 1 fully saturated rings. The Kier molecular flexibility index (Phi) is 6.49. The van der Waals surface area contributed by atoms with Gasteiger partial charge in [-0.05, 0) is 11.6 Å². The van der Waals surface area contributed by atoms with E-state index in [1.54, 1.807) is 31.5 Å². The number of nitrogens with one attached hydrogen (secondary N) is 2. The van der Waals surface area contributed by atoms with Crippen LogP contribution in [0.1, 0.15) is 18.0 Å². The number of carbonyl (C=O) groups is 2. The van der Waals surface area contributed by atoms with E-state index in [0.29, 0.717) is 19.7 Å². The highest BCUT2D eigenvalue weighted by atomic mass is 16.5. The minimum Gasteiger partial charge on any atom is -0.383 e. The van der Waals surface area contributed by atoms with E-state index in [0.717, 1.165) is 12.1 Å². The number of pyridine rings is 1. The summed E-state index contributed by atoms with van der Waals surface area (Å²) < 4.78 is 4.94. The predicted octanol–water partition coefficient (Wildman–Crippen LogP) is -0.0468. The molecule has 2 rings (SSSR count). The third-order valence-electron chi connectivity index (χ3n) is 4.03. The second-order valence-corrected chi connectivity index (χ2v) is 5.58. The van der Waals surface area contributed by atoms with Gasteiger partial charge in [-0.1, -0.05) is 6.07 Å². The Morgan fingerprint density at radius 3 is 2.96 bits per heavy atom. The first kappa shape index (κ1) is 17.4. The molecule has 0 spiro atoms. The van der Waals surface area contributed by atoms with Gasteiger partial charge in [-0.25, -0.2) is 0 Å². The van der Waals surface area contributed by atoms with Gasteiger partial charge >= 0.3 is 0 Å². The first-order chi connectivity index (χ1) is 11.1. The van der Waals surface area contributed by atoms with Gasteiger partial charge < -0.3 is 20.3 Å². The minimum absolute atomic E-state index is 0.0165. The van der Waals surface area contributed by atoms with Crippen LogP contribution < -0.4 is 10.6 Å². The number of rotatable bonds is 8. The molecule has 0 saturated carbocycles. The molecule has 1 aliphatic rings. The lowest BCUT2D eigenvalue weighted by Gasteiger charge is -2.24. The molecule has 0 radical (unpaired) electrons. The van der Waals surface area contributed by atoms with Gasteiger partial charge in [0.2, 0.25) is 11.8 Å². The molecule has 0 bridgehead atoms. The molecule has 0 aromatic carbocycles. The average molecular weight is 320 g/mol. The number of hydrogen-bond acceptors (Lipinski definition) is 5. The fourth-order valence-electron chi connectivity index (χ4n) is 2.82. The quantitative estimate of drug-likeness (QED) is 0.656. The van der Waals surface area contributed by atoms with Crippen LogP contribution in [0.4, 0.5) is 0 Å². The first-order valence-corrected chi connectivity index (χ1v) is 7.78. The summed E-state index contributed by atoms with van der Waals surface area (Å²) in [6, 6.07) is 3.47. The number of ether oxygens (including phenoxy) is 1. The summed E-state index contributed by atoms with van der Waals surface area (Å²) in [7, 11) is 3.38. The maximum absolute atomic E-state index is 12.4. The highest BCUT2D eigenvalue weighted by Gasteiger charge is 2.42. The summed E-state index contributed by atoms with van der Waals surface area (Å²) >= 11 is 0. The van der Waals surface area contributed by atoms with E-state index in [1.165, 1.54) is 0 Å². The lowest BCUT2D eigenvalue weighted by atomic mass is 9.94. The van der Waals surface area contributed by atoms with Gasteiger partial charge in [-0.15, -0.1) is 0 Å². The number of methoxy groups -OCH3 is 1. The Hall–Kier alpha value is -1.99. The van der Waals surface area contributed by atoms with Gasteiger partial charge in [0.25, 0.3) is 0 Å². The SMILES string of the molecule is COCCNCCNC(=O)C1CC(=O)N(C)C1c1cccnc1. The summed E-state index contributed by atoms with van der Waals surface area (Å²) in [5, 5.41) is 6.07. The molecule has 2 atom stereocenters. The van der Waals surface area contributed by atoms with Crippen LogP contribution in [-0.2, 0) is 14.3 Å². The van der Waals surface area contributed by atoms with E-state index in [2.05, 4.69) is 15.6 Å². The molecule has 1 aliphatic heterocycles. The molecular weight excluding hydrogens is 296 g/mol. The highest BCUT2D eigenvalue weighted by molar-refractivity contribution is 5.90. The molecule has 2 amide bonds. The topological polar surface area (TPSA) is 83.6 Å². The third-order valence-corrected chi connectivity index (χ3v) is 4.03.